The van der Waals surface area contributed by atoms with Crippen LogP contribution in [0.4, 0.5) is 19.1 Å². The number of nitrogens with one attached hydrogen (secondary N) is 1. The van der Waals surface area contributed by atoms with Gasteiger partial charge >= 0.3 is 6.18 Å². The van der Waals surface area contributed by atoms with Gasteiger partial charge < -0.3 is 10.1 Å². The summed E-state index contributed by atoms with van der Waals surface area (Å²) in [5, 5.41) is 3.17. The third-order valence-corrected chi connectivity index (χ3v) is 4.65. The van der Waals surface area contributed by atoms with Gasteiger partial charge in [0.05, 0.1) is 23.1 Å². The van der Waals surface area contributed by atoms with Gasteiger partial charge in [-0.15, -0.1) is 0 Å². The van der Waals surface area contributed by atoms with Crippen LogP contribution in [0.1, 0.15) is 45.1 Å². The van der Waals surface area contributed by atoms with Gasteiger partial charge in [-0.2, -0.15) is 13.2 Å². The van der Waals surface area contributed by atoms with Crippen LogP contribution in [0.2, 0.25) is 5.15 Å². The Balaban J connectivity index is 1.77. The van der Waals surface area contributed by atoms with Crippen molar-refractivity contribution < 1.29 is 17.9 Å². The third-order valence-electron chi connectivity index (χ3n) is 4.35. The van der Waals surface area contributed by atoms with Crippen molar-refractivity contribution in [3.63, 3.8) is 0 Å². The Morgan fingerprint density at radius 1 is 1.15 bits per heavy atom. The Labute approximate surface area is 154 Å². The first-order chi connectivity index (χ1) is 12.2. The molecular formula is C17H20ClF3N4O. The summed E-state index contributed by atoms with van der Waals surface area (Å²) >= 11 is 5.89. The minimum atomic E-state index is -4.56. The summed E-state index contributed by atoms with van der Waals surface area (Å²) in [6, 6.07) is 0.103. The maximum atomic E-state index is 13.2. The zero-order valence-corrected chi connectivity index (χ0v) is 15.2. The van der Waals surface area contributed by atoms with E-state index < -0.39 is 11.7 Å². The van der Waals surface area contributed by atoms with E-state index in [2.05, 4.69) is 20.3 Å². The number of aromatic nitrogens is 3. The largest absolute Gasteiger partial charge is 0.419 e. The van der Waals surface area contributed by atoms with Crippen LogP contribution in [0.3, 0.4) is 0 Å². The summed E-state index contributed by atoms with van der Waals surface area (Å²) in [4.78, 5) is 11.8. The van der Waals surface area contributed by atoms with Crippen LogP contribution < -0.4 is 5.32 Å². The lowest BCUT2D eigenvalue weighted by molar-refractivity contribution is -0.136. The molecule has 2 aromatic heterocycles. The lowest BCUT2D eigenvalue weighted by Gasteiger charge is -2.30. The number of ether oxygens (including phenoxy) is 1. The summed E-state index contributed by atoms with van der Waals surface area (Å²) in [5.41, 5.74) is -1.16. The second-order valence-corrected chi connectivity index (χ2v) is 7.08. The molecule has 0 aromatic carbocycles. The molecule has 26 heavy (non-hydrogen) atoms. The number of pyridine rings is 1. The fourth-order valence-electron chi connectivity index (χ4n) is 3.18. The molecule has 142 valence electrons. The van der Waals surface area contributed by atoms with Crippen LogP contribution in [0, 0.1) is 0 Å². The molecule has 1 saturated carbocycles. The average molecular weight is 389 g/mol. The number of fused-ring (bicyclic) bond motifs is 1. The molecule has 0 spiro atoms. The van der Waals surface area contributed by atoms with Crippen LogP contribution in [0.15, 0.2) is 12.4 Å². The van der Waals surface area contributed by atoms with Gasteiger partial charge in [-0.05, 0) is 39.5 Å². The molecule has 2 heterocycles. The van der Waals surface area contributed by atoms with Gasteiger partial charge in [0.15, 0.2) is 0 Å². The van der Waals surface area contributed by atoms with E-state index in [1.807, 2.05) is 13.8 Å². The van der Waals surface area contributed by atoms with Crippen molar-refractivity contribution >= 4 is 28.5 Å². The first kappa shape index (κ1) is 19.1. The monoisotopic (exact) mass is 388 g/mol. The molecule has 1 aliphatic rings. The maximum Gasteiger partial charge on any atom is 0.419 e. The molecule has 0 bridgehead atoms. The summed E-state index contributed by atoms with van der Waals surface area (Å²) in [6.45, 7) is 4.01. The topological polar surface area (TPSA) is 59.9 Å². The molecule has 5 nitrogen and oxygen atoms in total. The predicted octanol–water partition coefficient (Wildman–Crippen LogP) is 4.85. The number of hydrogen-bond donors (Lipinski definition) is 1. The number of halogens is 4. The van der Waals surface area contributed by atoms with Gasteiger partial charge in [-0.3, -0.25) is 0 Å². The number of hydrogen-bond acceptors (Lipinski definition) is 5. The average Bonchev–Trinajstić information content (AvgIpc) is 2.55. The van der Waals surface area contributed by atoms with E-state index in [4.69, 9.17) is 16.3 Å². The molecule has 0 atom stereocenters. The highest BCUT2D eigenvalue weighted by Gasteiger charge is 2.34. The van der Waals surface area contributed by atoms with E-state index in [1.165, 1.54) is 6.20 Å². The summed E-state index contributed by atoms with van der Waals surface area (Å²) in [7, 11) is 0. The molecule has 1 fully saturated rings. The Bertz CT molecular complexity index is 776. The van der Waals surface area contributed by atoms with E-state index in [1.54, 1.807) is 0 Å². The van der Waals surface area contributed by atoms with Crippen molar-refractivity contribution in [1.29, 1.82) is 0 Å². The molecular weight excluding hydrogens is 369 g/mol. The van der Waals surface area contributed by atoms with Gasteiger partial charge in [0.1, 0.15) is 10.7 Å². The van der Waals surface area contributed by atoms with E-state index >= 15 is 0 Å². The van der Waals surface area contributed by atoms with Crippen molar-refractivity contribution in [3.8, 4) is 0 Å². The van der Waals surface area contributed by atoms with Crippen molar-refractivity contribution in [3.05, 3.63) is 23.1 Å². The molecule has 0 amide bonds. The molecule has 0 saturated heterocycles. The second-order valence-electron chi connectivity index (χ2n) is 6.72. The highest BCUT2D eigenvalue weighted by Crippen LogP contribution is 2.35. The number of rotatable bonds is 4. The van der Waals surface area contributed by atoms with Crippen LogP contribution >= 0.6 is 11.6 Å². The highest BCUT2D eigenvalue weighted by molar-refractivity contribution is 6.34. The first-order valence-electron chi connectivity index (χ1n) is 8.54. The molecule has 1 N–H and O–H groups in total. The molecule has 2 aromatic rings. The Morgan fingerprint density at radius 3 is 2.46 bits per heavy atom. The summed E-state index contributed by atoms with van der Waals surface area (Å²) in [6.07, 6.45) is 1.33. The van der Waals surface area contributed by atoms with Gasteiger partial charge in [-0.25, -0.2) is 15.0 Å². The summed E-state index contributed by atoms with van der Waals surface area (Å²) < 4.78 is 45.4. The fraction of sp³-hybridized carbons (Fsp3) is 0.588. The van der Waals surface area contributed by atoms with Crippen LogP contribution in [-0.2, 0) is 10.9 Å². The van der Waals surface area contributed by atoms with Crippen LogP contribution in [0.25, 0.3) is 10.9 Å². The number of anilines is 1. The van der Waals surface area contributed by atoms with Gasteiger partial charge in [-0.1, -0.05) is 11.6 Å². The van der Waals surface area contributed by atoms with E-state index in [0.29, 0.717) is 6.20 Å². The maximum absolute atomic E-state index is 13.2. The molecule has 0 unspecified atom stereocenters. The smallest absolute Gasteiger partial charge is 0.376 e. The zero-order valence-electron chi connectivity index (χ0n) is 14.5. The van der Waals surface area contributed by atoms with Crippen molar-refractivity contribution in [2.24, 2.45) is 0 Å². The minimum absolute atomic E-state index is 0.0501. The lowest BCUT2D eigenvalue weighted by Crippen LogP contribution is -2.31. The Hall–Kier alpha value is -1.67. The van der Waals surface area contributed by atoms with E-state index in [9.17, 15) is 13.2 Å². The fourth-order valence-corrected chi connectivity index (χ4v) is 3.36. The molecule has 9 heteroatoms. The Morgan fingerprint density at radius 2 is 1.85 bits per heavy atom. The van der Waals surface area contributed by atoms with Crippen molar-refractivity contribution in [2.45, 2.75) is 64.0 Å². The lowest BCUT2D eigenvalue weighted by atomic mass is 9.93. The van der Waals surface area contributed by atoms with E-state index in [0.717, 1.165) is 25.7 Å². The van der Waals surface area contributed by atoms with Gasteiger partial charge in [0, 0.05) is 18.4 Å². The minimum Gasteiger partial charge on any atom is -0.376 e. The zero-order chi connectivity index (χ0) is 18.9. The van der Waals surface area contributed by atoms with Crippen molar-refractivity contribution in [1.82, 2.24) is 15.0 Å². The predicted molar refractivity (Wildman–Crippen MR) is 93.2 cm³/mol. The highest BCUT2D eigenvalue weighted by atomic mass is 35.5. The number of alkyl halides is 3. The quantitative estimate of drug-likeness (QED) is 0.759. The molecule has 0 radical (unpaired) electrons. The molecule has 1 aliphatic carbocycles. The normalized spacial score (nSPS) is 21.3. The Kier molecular flexibility index (Phi) is 5.53. The molecule has 3 rings (SSSR count). The van der Waals surface area contributed by atoms with E-state index in [-0.39, 0.29) is 40.3 Å². The van der Waals surface area contributed by atoms with Crippen LogP contribution in [0.5, 0.6) is 0 Å². The van der Waals surface area contributed by atoms with Gasteiger partial charge in [0.2, 0.25) is 5.95 Å². The van der Waals surface area contributed by atoms with Gasteiger partial charge in [0.25, 0.3) is 0 Å². The third kappa shape index (κ3) is 4.35. The second kappa shape index (κ2) is 7.52. The van der Waals surface area contributed by atoms with Crippen molar-refractivity contribution in [2.75, 3.05) is 5.32 Å². The molecule has 0 aliphatic heterocycles. The first-order valence-corrected chi connectivity index (χ1v) is 8.92. The number of nitrogens with zero attached hydrogens (tertiary/aromatic N) is 3. The summed E-state index contributed by atoms with van der Waals surface area (Å²) in [5.74, 6) is 0.165. The SMILES string of the molecule is CC(C)O[C@H]1CC[C@H](Nc2ncc3c(Cl)ncc(C(F)(F)F)c3n2)CC1. The standard InChI is InChI=1S/C17H20ClF3N4O/c1-9(2)26-11-5-3-10(4-6-11)24-16-23-7-12-14(25-16)13(17(19,20)21)8-22-15(12)18/h7-11H,3-6H2,1-2H3,(H,23,24,25)/t10-,11-. The van der Waals surface area contributed by atoms with Crippen LogP contribution in [-0.4, -0.2) is 33.2 Å².